The van der Waals surface area contributed by atoms with Crippen molar-refractivity contribution < 1.29 is 4.74 Å². The topological polar surface area (TPSA) is 81.0 Å². The zero-order valence-corrected chi connectivity index (χ0v) is 12.2. The lowest BCUT2D eigenvalue weighted by Crippen LogP contribution is -2.07. The van der Waals surface area contributed by atoms with Crippen LogP contribution < -0.4 is 16.0 Å². The SMILES string of the molecule is NCC#Cc1cccc(OCCSc2nccc(=O)[nH]2)c1. The molecule has 1 aromatic carbocycles. The summed E-state index contributed by atoms with van der Waals surface area (Å²) in [6.07, 6.45) is 1.49. The normalized spacial score (nSPS) is 9.76. The van der Waals surface area contributed by atoms with Gasteiger partial charge in [-0.1, -0.05) is 29.7 Å². The number of benzene rings is 1. The van der Waals surface area contributed by atoms with E-state index in [4.69, 9.17) is 10.5 Å². The highest BCUT2D eigenvalue weighted by Gasteiger charge is 1.98. The van der Waals surface area contributed by atoms with E-state index in [1.54, 1.807) is 0 Å². The van der Waals surface area contributed by atoms with Gasteiger partial charge in [0.25, 0.3) is 5.56 Å². The molecular formula is C15H15N3O2S. The second-order valence-corrected chi connectivity index (χ2v) is 5.05. The molecule has 0 aliphatic rings. The lowest BCUT2D eigenvalue weighted by Gasteiger charge is -2.05. The van der Waals surface area contributed by atoms with Crippen molar-refractivity contribution in [1.82, 2.24) is 9.97 Å². The molecule has 2 rings (SSSR count). The van der Waals surface area contributed by atoms with E-state index in [0.29, 0.717) is 24.1 Å². The van der Waals surface area contributed by atoms with E-state index in [9.17, 15) is 4.79 Å². The maximum Gasteiger partial charge on any atom is 0.251 e. The van der Waals surface area contributed by atoms with Gasteiger partial charge in [-0.15, -0.1) is 0 Å². The summed E-state index contributed by atoms with van der Waals surface area (Å²) in [5.74, 6) is 7.20. The number of aromatic amines is 1. The lowest BCUT2D eigenvalue weighted by atomic mass is 10.2. The molecule has 0 amide bonds. The Morgan fingerprint density at radius 3 is 3.10 bits per heavy atom. The number of rotatable bonds is 5. The molecule has 3 N–H and O–H groups in total. The molecule has 0 atom stereocenters. The van der Waals surface area contributed by atoms with Crippen molar-refractivity contribution in [2.75, 3.05) is 18.9 Å². The van der Waals surface area contributed by atoms with Crippen LogP contribution in [0.2, 0.25) is 0 Å². The standard InChI is InChI=1S/C15H15N3O2S/c16-7-2-4-12-3-1-5-13(11-12)20-9-10-21-15-17-8-6-14(19)18-15/h1,3,5-6,8,11H,7,9-10,16H2,(H,17,18,19). The van der Waals surface area contributed by atoms with Crippen LogP contribution in [0.15, 0.2) is 46.5 Å². The van der Waals surface area contributed by atoms with Gasteiger partial charge in [-0.05, 0) is 18.2 Å². The fraction of sp³-hybridized carbons (Fsp3) is 0.200. The smallest absolute Gasteiger partial charge is 0.251 e. The molecule has 6 heteroatoms. The zero-order valence-electron chi connectivity index (χ0n) is 11.3. The van der Waals surface area contributed by atoms with Crippen LogP contribution in [0.1, 0.15) is 5.56 Å². The number of nitrogens with one attached hydrogen (secondary N) is 1. The van der Waals surface area contributed by atoms with Crippen molar-refractivity contribution in [3.63, 3.8) is 0 Å². The Kier molecular flexibility index (Phi) is 5.88. The summed E-state index contributed by atoms with van der Waals surface area (Å²) in [7, 11) is 0. The molecule has 0 saturated carbocycles. The van der Waals surface area contributed by atoms with Crippen LogP contribution in [-0.4, -0.2) is 28.9 Å². The van der Waals surface area contributed by atoms with Crippen LogP contribution in [0, 0.1) is 11.8 Å². The van der Waals surface area contributed by atoms with Gasteiger partial charge in [0.2, 0.25) is 0 Å². The number of aromatic nitrogens is 2. The molecule has 0 aliphatic carbocycles. The summed E-state index contributed by atoms with van der Waals surface area (Å²) in [5.41, 5.74) is 6.06. The van der Waals surface area contributed by atoms with Gasteiger partial charge in [0.05, 0.1) is 13.2 Å². The van der Waals surface area contributed by atoms with E-state index >= 15 is 0 Å². The predicted octanol–water partition coefficient (Wildman–Crippen LogP) is 1.25. The summed E-state index contributed by atoms with van der Waals surface area (Å²) in [4.78, 5) is 17.8. The van der Waals surface area contributed by atoms with Crippen molar-refractivity contribution in [2.24, 2.45) is 5.73 Å². The molecule has 5 nitrogen and oxygen atoms in total. The lowest BCUT2D eigenvalue weighted by molar-refractivity contribution is 0.344. The van der Waals surface area contributed by atoms with Gasteiger partial charge >= 0.3 is 0 Å². The van der Waals surface area contributed by atoms with E-state index in [2.05, 4.69) is 21.8 Å². The third kappa shape index (κ3) is 5.34. The summed E-state index contributed by atoms with van der Waals surface area (Å²) < 4.78 is 5.64. The molecule has 0 spiro atoms. The second kappa shape index (κ2) is 8.15. The number of ether oxygens (including phenoxy) is 1. The van der Waals surface area contributed by atoms with E-state index in [-0.39, 0.29) is 5.56 Å². The van der Waals surface area contributed by atoms with Gasteiger partial charge in [0, 0.05) is 23.6 Å². The second-order valence-electron chi connectivity index (χ2n) is 3.97. The van der Waals surface area contributed by atoms with Gasteiger partial charge in [0.1, 0.15) is 5.75 Å². The summed E-state index contributed by atoms with van der Waals surface area (Å²) in [6.45, 7) is 0.848. The fourth-order valence-electron chi connectivity index (χ4n) is 1.54. The minimum Gasteiger partial charge on any atom is -0.493 e. The monoisotopic (exact) mass is 301 g/mol. The molecule has 2 aromatic rings. The summed E-state index contributed by atoms with van der Waals surface area (Å²) in [6, 6.07) is 8.92. The predicted molar refractivity (Wildman–Crippen MR) is 83.5 cm³/mol. The van der Waals surface area contributed by atoms with Crippen molar-refractivity contribution in [2.45, 2.75) is 5.16 Å². The maximum absolute atomic E-state index is 11.1. The number of hydrogen-bond donors (Lipinski definition) is 2. The van der Waals surface area contributed by atoms with Crippen LogP contribution >= 0.6 is 11.8 Å². The Morgan fingerprint density at radius 1 is 1.38 bits per heavy atom. The van der Waals surface area contributed by atoms with Crippen molar-refractivity contribution in [3.8, 4) is 17.6 Å². The van der Waals surface area contributed by atoms with Crippen LogP contribution in [0.3, 0.4) is 0 Å². The van der Waals surface area contributed by atoms with Gasteiger partial charge in [-0.3, -0.25) is 4.79 Å². The molecule has 21 heavy (non-hydrogen) atoms. The van der Waals surface area contributed by atoms with Gasteiger partial charge in [0.15, 0.2) is 5.16 Å². The summed E-state index contributed by atoms with van der Waals surface area (Å²) >= 11 is 1.44. The Balaban J connectivity index is 1.82. The molecule has 0 unspecified atom stereocenters. The van der Waals surface area contributed by atoms with Gasteiger partial charge < -0.3 is 15.5 Å². The molecule has 108 valence electrons. The average molecular weight is 301 g/mol. The van der Waals surface area contributed by atoms with Crippen LogP contribution in [-0.2, 0) is 0 Å². The quantitative estimate of drug-likeness (QED) is 0.376. The molecule has 0 saturated heterocycles. The Morgan fingerprint density at radius 2 is 2.29 bits per heavy atom. The van der Waals surface area contributed by atoms with E-state index in [0.717, 1.165) is 11.3 Å². The first-order chi connectivity index (χ1) is 10.3. The maximum atomic E-state index is 11.1. The Labute approximate surface area is 126 Å². The molecule has 0 bridgehead atoms. The van der Waals surface area contributed by atoms with Crippen LogP contribution in [0.5, 0.6) is 5.75 Å². The molecule has 0 aliphatic heterocycles. The molecule has 0 radical (unpaired) electrons. The van der Waals surface area contributed by atoms with Crippen molar-refractivity contribution >= 4 is 11.8 Å². The first-order valence-corrected chi connectivity index (χ1v) is 7.36. The van der Waals surface area contributed by atoms with Crippen LogP contribution in [0.4, 0.5) is 0 Å². The highest BCUT2D eigenvalue weighted by Crippen LogP contribution is 2.14. The van der Waals surface area contributed by atoms with Crippen LogP contribution in [0.25, 0.3) is 0 Å². The fourth-order valence-corrected chi connectivity index (χ4v) is 2.21. The Hall–Kier alpha value is -2.23. The summed E-state index contributed by atoms with van der Waals surface area (Å²) in [5, 5.41) is 0.591. The molecule has 1 aromatic heterocycles. The van der Waals surface area contributed by atoms with Gasteiger partial charge in [-0.25, -0.2) is 4.98 Å². The van der Waals surface area contributed by atoms with E-state index in [1.807, 2.05) is 24.3 Å². The number of thioether (sulfide) groups is 1. The molecule has 0 fully saturated rings. The van der Waals surface area contributed by atoms with Gasteiger partial charge in [-0.2, -0.15) is 0 Å². The highest BCUT2D eigenvalue weighted by molar-refractivity contribution is 7.99. The first kappa shape index (κ1) is 15.2. The highest BCUT2D eigenvalue weighted by atomic mass is 32.2. The minimum absolute atomic E-state index is 0.153. The molecule has 1 heterocycles. The first-order valence-electron chi connectivity index (χ1n) is 6.38. The van der Waals surface area contributed by atoms with E-state index < -0.39 is 0 Å². The molecular weight excluding hydrogens is 286 g/mol. The minimum atomic E-state index is -0.153. The van der Waals surface area contributed by atoms with Crippen molar-refractivity contribution in [1.29, 1.82) is 0 Å². The average Bonchev–Trinajstić information content (AvgIpc) is 2.50. The van der Waals surface area contributed by atoms with Crippen molar-refractivity contribution in [3.05, 3.63) is 52.4 Å². The number of H-pyrrole nitrogens is 1. The Bertz CT molecular complexity index is 704. The zero-order chi connectivity index (χ0) is 14.9. The third-order valence-electron chi connectivity index (χ3n) is 2.41. The number of nitrogens with zero attached hydrogens (tertiary/aromatic N) is 1. The largest absolute Gasteiger partial charge is 0.493 e. The van der Waals surface area contributed by atoms with E-state index in [1.165, 1.54) is 24.0 Å². The number of nitrogens with two attached hydrogens (primary N) is 1. The number of hydrogen-bond acceptors (Lipinski definition) is 5. The third-order valence-corrected chi connectivity index (χ3v) is 3.26.